The summed E-state index contributed by atoms with van der Waals surface area (Å²) in [5, 5.41) is 11.9. The minimum absolute atomic E-state index is 0.240. The predicted octanol–water partition coefficient (Wildman–Crippen LogP) is -1.59. The van der Waals surface area contributed by atoms with Gasteiger partial charge in [-0.25, -0.2) is 0 Å². The van der Waals surface area contributed by atoms with Crippen LogP contribution < -0.4 is 10.5 Å². The van der Waals surface area contributed by atoms with Crippen molar-refractivity contribution in [3.63, 3.8) is 0 Å². The minimum Gasteiger partial charge on any atom is -0.289 e. The second-order valence-corrected chi connectivity index (χ2v) is 1.55. The van der Waals surface area contributed by atoms with Crippen molar-refractivity contribution in [1.29, 1.82) is 5.26 Å². The Labute approximate surface area is 51.9 Å². The molecule has 0 bridgehead atoms. The number of hydrogen-bond acceptors (Lipinski definition) is 3. The van der Waals surface area contributed by atoms with Crippen LogP contribution in [0.15, 0.2) is 12.7 Å². The van der Waals surface area contributed by atoms with Crippen LogP contribution in [-0.4, -0.2) is 9.78 Å². The van der Waals surface area contributed by atoms with Gasteiger partial charge in [0.05, 0.1) is 0 Å². The van der Waals surface area contributed by atoms with Gasteiger partial charge in [-0.1, -0.05) is 4.68 Å². The molecule has 0 radical (unpaired) electrons. The molecule has 0 atom stereocenters. The van der Waals surface area contributed by atoms with Crippen LogP contribution in [0.4, 0.5) is 0 Å². The summed E-state index contributed by atoms with van der Waals surface area (Å²) >= 11 is 0. The maximum atomic E-state index is 8.17. The molecule has 1 aromatic heterocycles. The van der Waals surface area contributed by atoms with E-state index in [2.05, 4.69) is 5.10 Å². The SMILES string of the molecule is N#CCn1c[n+](N)cn1. The summed E-state index contributed by atoms with van der Waals surface area (Å²) in [7, 11) is 0. The number of nitriles is 1. The van der Waals surface area contributed by atoms with Crippen LogP contribution in [0.3, 0.4) is 0 Å². The van der Waals surface area contributed by atoms with Gasteiger partial charge in [-0.05, 0) is 0 Å². The molecule has 0 unspecified atom stereocenters. The largest absolute Gasteiger partial charge is 0.289 e. The van der Waals surface area contributed by atoms with Crippen molar-refractivity contribution < 1.29 is 4.68 Å². The normalized spacial score (nSPS) is 8.78. The van der Waals surface area contributed by atoms with Gasteiger partial charge in [-0.15, -0.1) is 4.68 Å². The average Bonchev–Trinajstić information content (AvgIpc) is 2.17. The second kappa shape index (κ2) is 2.13. The Morgan fingerprint density at radius 2 is 2.67 bits per heavy atom. The fraction of sp³-hybridized carbons (Fsp3) is 0.250. The summed E-state index contributed by atoms with van der Waals surface area (Å²) in [6.45, 7) is 0.240. The Morgan fingerprint density at radius 3 is 3.11 bits per heavy atom. The van der Waals surface area contributed by atoms with Crippen LogP contribution in [0.25, 0.3) is 0 Å². The number of nitrogen functional groups attached to an aromatic ring is 1. The molecule has 1 aromatic rings. The van der Waals surface area contributed by atoms with Gasteiger partial charge in [-0.3, -0.25) is 5.84 Å². The lowest BCUT2D eigenvalue weighted by molar-refractivity contribution is -0.639. The minimum atomic E-state index is 0.240. The van der Waals surface area contributed by atoms with Crippen molar-refractivity contribution >= 4 is 0 Å². The number of hydrogen-bond donors (Lipinski definition) is 1. The summed E-state index contributed by atoms with van der Waals surface area (Å²) in [6, 6.07) is 1.93. The van der Waals surface area contributed by atoms with Crippen molar-refractivity contribution in [2.45, 2.75) is 6.54 Å². The molecule has 1 heterocycles. The molecule has 0 fully saturated rings. The zero-order chi connectivity index (χ0) is 6.69. The lowest BCUT2D eigenvalue weighted by Gasteiger charge is -1.75. The number of nitrogens with zero attached hydrogens (tertiary/aromatic N) is 4. The summed E-state index contributed by atoms with van der Waals surface area (Å²) in [5.74, 6) is 5.23. The molecule has 0 aliphatic rings. The molecule has 0 saturated carbocycles. The van der Waals surface area contributed by atoms with Gasteiger partial charge in [0.2, 0.25) is 6.33 Å². The average molecular weight is 124 g/mol. The smallest absolute Gasteiger partial charge is 0.286 e. The van der Waals surface area contributed by atoms with Gasteiger partial charge < -0.3 is 0 Å². The van der Waals surface area contributed by atoms with E-state index < -0.39 is 0 Å². The molecule has 5 nitrogen and oxygen atoms in total. The van der Waals surface area contributed by atoms with E-state index in [1.165, 1.54) is 22.0 Å². The zero-order valence-corrected chi connectivity index (χ0v) is 4.73. The first-order chi connectivity index (χ1) is 4.33. The van der Waals surface area contributed by atoms with Crippen LogP contribution in [0.1, 0.15) is 0 Å². The topological polar surface area (TPSA) is 71.5 Å². The Morgan fingerprint density at radius 1 is 1.89 bits per heavy atom. The third kappa shape index (κ3) is 1.16. The standard InChI is InChI=1S/C4H6N5/c5-1-2-9-4-8(6)3-7-9/h3-4H,2,6H2/q+1. The zero-order valence-electron chi connectivity index (χ0n) is 4.73. The van der Waals surface area contributed by atoms with E-state index in [0.717, 1.165) is 0 Å². The lowest BCUT2D eigenvalue weighted by Crippen LogP contribution is -2.41. The van der Waals surface area contributed by atoms with Crippen LogP contribution in [-0.2, 0) is 6.54 Å². The Kier molecular flexibility index (Phi) is 1.32. The van der Waals surface area contributed by atoms with Gasteiger partial charge in [0, 0.05) is 5.10 Å². The molecular formula is C4H6N5+. The maximum absolute atomic E-state index is 8.17. The molecule has 0 saturated heterocycles. The molecule has 0 aliphatic carbocycles. The molecule has 1 rings (SSSR count). The third-order valence-corrected chi connectivity index (χ3v) is 0.833. The monoisotopic (exact) mass is 124 g/mol. The maximum Gasteiger partial charge on any atom is 0.286 e. The first kappa shape index (κ1) is 5.56. The molecule has 0 aromatic carbocycles. The van der Waals surface area contributed by atoms with Crippen molar-refractivity contribution in [2.75, 3.05) is 5.84 Å². The summed E-state index contributed by atoms with van der Waals surface area (Å²) < 4.78 is 2.73. The highest BCUT2D eigenvalue weighted by atomic mass is 15.4. The van der Waals surface area contributed by atoms with Gasteiger partial charge in [0.15, 0.2) is 6.54 Å². The van der Waals surface area contributed by atoms with Gasteiger partial charge in [0.25, 0.3) is 6.33 Å². The van der Waals surface area contributed by atoms with Crippen LogP contribution in [0.2, 0.25) is 0 Å². The molecule has 0 spiro atoms. The van der Waals surface area contributed by atoms with Crippen LogP contribution in [0, 0.1) is 11.3 Å². The molecule has 9 heavy (non-hydrogen) atoms. The van der Waals surface area contributed by atoms with Crippen molar-refractivity contribution in [1.82, 2.24) is 9.78 Å². The van der Waals surface area contributed by atoms with E-state index in [9.17, 15) is 0 Å². The highest BCUT2D eigenvalue weighted by Gasteiger charge is 1.98. The quantitative estimate of drug-likeness (QED) is 0.362. The molecule has 5 heteroatoms. The number of rotatable bonds is 1. The Bertz CT molecular complexity index is 231. The van der Waals surface area contributed by atoms with Crippen LogP contribution in [0.5, 0.6) is 0 Å². The van der Waals surface area contributed by atoms with E-state index in [-0.39, 0.29) is 6.54 Å². The van der Waals surface area contributed by atoms with Gasteiger partial charge in [-0.2, -0.15) is 5.26 Å². The first-order valence-electron chi connectivity index (χ1n) is 2.38. The Hall–Kier alpha value is -1.57. The molecule has 0 amide bonds. The van der Waals surface area contributed by atoms with Gasteiger partial charge in [0.1, 0.15) is 6.07 Å². The molecule has 46 valence electrons. The van der Waals surface area contributed by atoms with Crippen molar-refractivity contribution in [3.05, 3.63) is 12.7 Å². The van der Waals surface area contributed by atoms with Crippen LogP contribution >= 0.6 is 0 Å². The number of nitrogens with two attached hydrogens (primary N) is 1. The van der Waals surface area contributed by atoms with Crippen molar-refractivity contribution in [2.24, 2.45) is 0 Å². The fourth-order valence-electron chi connectivity index (χ4n) is 0.494. The number of aromatic nitrogens is 3. The van der Waals surface area contributed by atoms with E-state index in [1.54, 1.807) is 0 Å². The van der Waals surface area contributed by atoms with Gasteiger partial charge >= 0.3 is 0 Å². The first-order valence-corrected chi connectivity index (χ1v) is 2.38. The fourth-order valence-corrected chi connectivity index (χ4v) is 0.494. The van der Waals surface area contributed by atoms with E-state index >= 15 is 0 Å². The predicted molar refractivity (Wildman–Crippen MR) is 28.2 cm³/mol. The second-order valence-electron chi connectivity index (χ2n) is 1.55. The summed E-state index contributed by atoms with van der Waals surface area (Å²) in [4.78, 5) is 0. The third-order valence-electron chi connectivity index (χ3n) is 0.833. The molecule has 2 N–H and O–H groups in total. The van der Waals surface area contributed by atoms with E-state index in [0.29, 0.717) is 0 Å². The Balaban J connectivity index is 2.76. The highest BCUT2D eigenvalue weighted by molar-refractivity contribution is 4.67. The van der Waals surface area contributed by atoms with Crippen molar-refractivity contribution in [3.8, 4) is 6.07 Å². The molecule has 0 aliphatic heterocycles. The highest BCUT2D eigenvalue weighted by Crippen LogP contribution is 1.71. The summed E-state index contributed by atoms with van der Waals surface area (Å²) in [6.07, 6.45) is 2.96. The summed E-state index contributed by atoms with van der Waals surface area (Å²) in [5.41, 5.74) is 0. The molecular weight excluding hydrogens is 118 g/mol. The lowest BCUT2D eigenvalue weighted by atomic mass is 10.7. The van der Waals surface area contributed by atoms with E-state index in [4.69, 9.17) is 11.1 Å². The van der Waals surface area contributed by atoms with E-state index in [1.807, 2.05) is 6.07 Å².